The quantitative estimate of drug-likeness (QED) is 0.762. The van der Waals surface area contributed by atoms with E-state index in [-0.39, 0.29) is 11.5 Å². The van der Waals surface area contributed by atoms with Crippen molar-refractivity contribution in [2.24, 2.45) is 0 Å². The molecule has 31 heavy (non-hydrogen) atoms. The maximum Gasteiger partial charge on any atom is 0.269 e. The summed E-state index contributed by atoms with van der Waals surface area (Å²) in [5.74, 6) is 1.04. The molecular formula is C23H32N6O2. The molecule has 2 fully saturated rings. The number of amides is 1. The fourth-order valence-electron chi connectivity index (χ4n) is 4.76. The average molecular weight is 425 g/mol. The third-order valence-electron chi connectivity index (χ3n) is 6.74. The molecule has 2 N–H and O–H groups in total. The molecule has 2 saturated heterocycles. The summed E-state index contributed by atoms with van der Waals surface area (Å²) in [6, 6.07) is 4.38. The zero-order valence-electron chi connectivity index (χ0n) is 18.4. The topological polar surface area (TPSA) is 94.2 Å². The van der Waals surface area contributed by atoms with Crippen molar-refractivity contribution >= 4 is 11.6 Å². The van der Waals surface area contributed by atoms with E-state index in [9.17, 15) is 9.59 Å². The van der Waals surface area contributed by atoms with Crippen LogP contribution in [-0.4, -0.2) is 65.0 Å². The van der Waals surface area contributed by atoms with E-state index in [0.29, 0.717) is 24.1 Å². The van der Waals surface area contributed by atoms with Gasteiger partial charge in [0.2, 0.25) is 0 Å². The number of rotatable bonds is 5. The molecule has 0 bridgehead atoms. The molecule has 0 atom stereocenters. The normalized spacial score (nSPS) is 18.8. The van der Waals surface area contributed by atoms with Gasteiger partial charge in [-0.1, -0.05) is 6.92 Å². The molecular weight excluding hydrogens is 392 g/mol. The fourth-order valence-corrected chi connectivity index (χ4v) is 4.76. The zero-order chi connectivity index (χ0) is 21.8. The number of carbonyl (C=O) groups is 1. The van der Waals surface area contributed by atoms with Gasteiger partial charge < -0.3 is 20.1 Å². The van der Waals surface area contributed by atoms with Crippen molar-refractivity contribution in [2.45, 2.75) is 51.0 Å². The van der Waals surface area contributed by atoms with Gasteiger partial charge in [0, 0.05) is 43.9 Å². The lowest BCUT2D eigenvalue weighted by atomic mass is 9.92. The van der Waals surface area contributed by atoms with Gasteiger partial charge in [-0.05, 0) is 57.3 Å². The Labute approximate surface area is 183 Å². The van der Waals surface area contributed by atoms with Crippen LogP contribution in [0.1, 0.15) is 60.4 Å². The Morgan fingerprint density at radius 1 is 1.10 bits per heavy atom. The highest BCUT2D eigenvalue weighted by atomic mass is 16.1. The minimum atomic E-state index is -0.158. The molecule has 2 aromatic heterocycles. The number of nitrogens with zero attached hydrogens (tertiary/aromatic N) is 4. The van der Waals surface area contributed by atoms with E-state index in [4.69, 9.17) is 0 Å². The summed E-state index contributed by atoms with van der Waals surface area (Å²) in [5.41, 5.74) is 2.30. The molecule has 0 radical (unpaired) electrons. The molecule has 1 amide bonds. The van der Waals surface area contributed by atoms with Crippen LogP contribution in [0.3, 0.4) is 0 Å². The number of carbonyl (C=O) groups excluding carboxylic acids is 1. The van der Waals surface area contributed by atoms with Crippen molar-refractivity contribution in [3.63, 3.8) is 0 Å². The Balaban J connectivity index is 1.28. The second kappa shape index (κ2) is 9.60. The average Bonchev–Trinajstić information content (AvgIpc) is 2.84. The standard InChI is InChI=1S/C23H32N6O2/c1-3-16-14-26-21(27-22(16)30)17-6-10-28(11-7-17)18-8-12-29(13-9-18)19-4-5-20(25-15-19)23(31)24-2/h4-5,14-15,17-18H,3,6-13H2,1-2H3,(H,24,31)(H,26,27,30). The predicted octanol–water partition coefficient (Wildman–Crippen LogP) is 1.94. The smallest absolute Gasteiger partial charge is 0.269 e. The number of aryl methyl sites for hydroxylation is 1. The van der Waals surface area contributed by atoms with Crippen molar-refractivity contribution in [2.75, 3.05) is 38.1 Å². The molecule has 0 saturated carbocycles. The lowest BCUT2D eigenvalue weighted by Gasteiger charge is -2.42. The number of piperidine rings is 2. The second-order valence-electron chi connectivity index (χ2n) is 8.49. The van der Waals surface area contributed by atoms with Crippen LogP contribution < -0.4 is 15.8 Å². The Kier molecular flexibility index (Phi) is 6.65. The van der Waals surface area contributed by atoms with E-state index < -0.39 is 0 Å². The van der Waals surface area contributed by atoms with Gasteiger partial charge in [-0.25, -0.2) is 9.97 Å². The maximum absolute atomic E-state index is 12.1. The first-order valence-electron chi connectivity index (χ1n) is 11.3. The molecule has 0 aliphatic carbocycles. The van der Waals surface area contributed by atoms with Crippen LogP contribution in [-0.2, 0) is 6.42 Å². The summed E-state index contributed by atoms with van der Waals surface area (Å²) < 4.78 is 0. The molecule has 2 aromatic rings. The summed E-state index contributed by atoms with van der Waals surface area (Å²) in [4.78, 5) is 40.6. The first-order valence-corrected chi connectivity index (χ1v) is 11.3. The summed E-state index contributed by atoms with van der Waals surface area (Å²) in [7, 11) is 1.61. The SMILES string of the molecule is CCc1cnc(C2CCN(C3CCN(c4ccc(C(=O)NC)nc4)CC3)CC2)[nH]c1=O. The number of likely N-dealkylation sites (tertiary alicyclic amines) is 1. The van der Waals surface area contributed by atoms with Crippen LogP contribution >= 0.6 is 0 Å². The first-order chi connectivity index (χ1) is 15.1. The number of hydrogen-bond donors (Lipinski definition) is 2. The van der Waals surface area contributed by atoms with Crippen LogP contribution in [0.4, 0.5) is 5.69 Å². The molecule has 0 unspecified atom stereocenters. The highest BCUT2D eigenvalue weighted by Crippen LogP contribution is 2.29. The fraction of sp³-hybridized carbons (Fsp3) is 0.565. The highest BCUT2D eigenvalue weighted by Gasteiger charge is 2.29. The Morgan fingerprint density at radius 3 is 2.42 bits per heavy atom. The minimum absolute atomic E-state index is 0.0140. The van der Waals surface area contributed by atoms with Gasteiger partial charge in [-0.15, -0.1) is 0 Å². The number of pyridine rings is 1. The monoisotopic (exact) mass is 424 g/mol. The van der Waals surface area contributed by atoms with Crippen LogP contribution in [0.15, 0.2) is 29.3 Å². The van der Waals surface area contributed by atoms with E-state index in [2.05, 4.69) is 30.1 Å². The number of nitrogens with one attached hydrogen (secondary N) is 2. The van der Waals surface area contributed by atoms with Crippen molar-refractivity contribution in [1.29, 1.82) is 0 Å². The molecule has 166 valence electrons. The summed E-state index contributed by atoms with van der Waals surface area (Å²) in [5, 5.41) is 2.60. The van der Waals surface area contributed by atoms with Crippen molar-refractivity contribution in [3.8, 4) is 0 Å². The third kappa shape index (κ3) is 4.79. The third-order valence-corrected chi connectivity index (χ3v) is 6.74. The first kappa shape index (κ1) is 21.5. The van der Waals surface area contributed by atoms with Gasteiger partial charge >= 0.3 is 0 Å². The maximum atomic E-state index is 12.1. The van der Waals surface area contributed by atoms with Gasteiger partial charge in [-0.2, -0.15) is 0 Å². The zero-order valence-corrected chi connectivity index (χ0v) is 18.4. The van der Waals surface area contributed by atoms with Crippen LogP contribution in [0.2, 0.25) is 0 Å². The Hall–Kier alpha value is -2.74. The van der Waals surface area contributed by atoms with Crippen LogP contribution in [0.5, 0.6) is 0 Å². The number of aromatic nitrogens is 3. The van der Waals surface area contributed by atoms with Crippen molar-refractivity contribution in [3.05, 3.63) is 52.0 Å². The number of aromatic amines is 1. The van der Waals surface area contributed by atoms with Gasteiger partial charge in [0.1, 0.15) is 11.5 Å². The summed E-state index contributed by atoms with van der Waals surface area (Å²) in [6.07, 6.45) is 8.59. The Morgan fingerprint density at radius 2 is 1.84 bits per heavy atom. The molecule has 8 heteroatoms. The molecule has 4 rings (SSSR count). The van der Waals surface area contributed by atoms with E-state index in [0.717, 1.165) is 68.9 Å². The number of H-pyrrole nitrogens is 1. The highest BCUT2D eigenvalue weighted by molar-refractivity contribution is 5.92. The van der Waals surface area contributed by atoms with E-state index in [1.54, 1.807) is 25.5 Å². The molecule has 0 spiro atoms. The van der Waals surface area contributed by atoms with Crippen molar-refractivity contribution in [1.82, 2.24) is 25.2 Å². The summed E-state index contributed by atoms with van der Waals surface area (Å²) >= 11 is 0. The van der Waals surface area contributed by atoms with E-state index in [1.165, 1.54) is 0 Å². The van der Waals surface area contributed by atoms with Crippen molar-refractivity contribution < 1.29 is 4.79 Å². The number of anilines is 1. The molecule has 0 aromatic carbocycles. The lowest BCUT2D eigenvalue weighted by Crippen LogP contribution is -2.47. The predicted molar refractivity (Wildman–Crippen MR) is 121 cm³/mol. The minimum Gasteiger partial charge on any atom is -0.370 e. The number of hydrogen-bond acceptors (Lipinski definition) is 6. The van der Waals surface area contributed by atoms with Gasteiger partial charge in [0.25, 0.3) is 11.5 Å². The van der Waals surface area contributed by atoms with E-state index >= 15 is 0 Å². The summed E-state index contributed by atoms with van der Waals surface area (Å²) in [6.45, 7) is 6.08. The molecule has 2 aliphatic heterocycles. The second-order valence-corrected chi connectivity index (χ2v) is 8.49. The molecule has 2 aliphatic rings. The van der Waals surface area contributed by atoms with E-state index in [1.807, 2.05) is 13.0 Å². The van der Waals surface area contributed by atoms with Crippen LogP contribution in [0.25, 0.3) is 0 Å². The molecule has 4 heterocycles. The van der Waals surface area contributed by atoms with Gasteiger partial charge in [0.15, 0.2) is 0 Å². The Bertz CT molecular complexity index is 941. The van der Waals surface area contributed by atoms with Gasteiger partial charge in [0.05, 0.1) is 11.9 Å². The largest absolute Gasteiger partial charge is 0.370 e. The molecule has 8 nitrogen and oxygen atoms in total. The lowest BCUT2D eigenvalue weighted by molar-refractivity contribution is 0.0958. The van der Waals surface area contributed by atoms with Crippen LogP contribution in [0, 0.1) is 0 Å². The van der Waals surface area contributed by atoms with Gasteiger partial charge in [-0.3, -0.25) is 9.59 Å².